The highest BCUT2D eigenvalue weighted by atomic mass is 32.2. The van der Waals surface area contributed by atoms with Gasteiger partial charge in [0.05, 0.1) is 16.5 Å². The summed E-state index contributed by atoms with van der Waals surface area (Å²) >= 11 is 1.47. The van der Waals surface area contributed by atoms with Crippen molar-refractivity contribution in [1.29, 1.82) is 0 Å². The van der Waals surface area contributed by atoms with Crippen LogP contribution in [0, 0.1) is 10.1 Å². The van der Waals surface area contributed by atoms with Gasteiger partial charge in [-0.25, -0.2) is 0 Å². The smallest absolute Gasteiger partial charge is 0.271 e. The molecule has 1 aliphatic heterocycles. The zero-order valence-electron chi connectivity index (χ0n) is 9.08. The summed E-state index contributed by atoms with van der Waals surface area (Å²) in [6.45, 7) is -0.0224. The van der Waals surface area contributed by atoms with Crippen molar-refractivity contribution >= 4 is 29.0 Å². The molecule has 90 valence electrons. The number of benzene rings is 1. The van der Waals surface area contributed by atoms with E-state index in [-0.39, 0.29) is 18.2 Å². The number of amides is 1. The van der Waals surface area contributed by atoms with Gasteiger partial charge in [0, 0.05) is 12.1 Å². The lowest BCUT2D eigenvalue weighted by Gasteiger charge is -2.28. The predicted molar refractivity (Wildman–Crippen MR) is 64.5 cm³/mol. The number of anilines is 1. The standard InChI is InChI=1S/C10H10N2O4S/c1-17-6-11-8-4-7(12(14)15)2-3-9(8)16-5-10(11)13/h2-4H,5-6H2,1H3. The summed E-state index contributed by atoms with van der Waals surface area (Å²) in [6, 6.07) is 4.25. The zero-order valence-corrected chi connectivity index (χ0v) is 9.90. The molecule has 6 nitrogen and oxygen atoms in total. The minimum atomic E-state index is -0.489. The number of hydrogen-bond acceptors (Lipinski definition) is 5. The van der Waals surface area contributed by atoms with E-state index >= 15 is 0 Å². The Kier molecular flexibility index (Phi) is 3.19. The van der Waals surface area contributed by atoms with Gasteiger partial charge in [0.25, 0.3) is 11.6 Å². The molecule has 0 aromatic heterocycles. The number of nitro benzene ring substituents is 1. The fraction of sp³-hybridized carbons (Fsp3) is 0.300. The Morgan fingerprint density at radius 1 is 1.59 bits per heavy atom. The van der Waals surface area contributed by atoms with E-state index in [4.69, 9.17) is 4.74 Å². The fourth-order valence-electron chi connectivity index (χ4n) is 1.57. The van der Waals surface area contributed by atoms with Gasteiger partial charge in [-0.3, -0.25) is 19.8 Å². The fourth-order valence-corrected chi connectivity index (χ4v) is 2.12. The van der Waals surface area contributed by atoms with Crippen LogP contribution in [-0.4, -0.2) is 29.6 Å². The third kappa shape index (κ3) is 2.19. The third-order valence-electron chi connectivity index (χ3n) is 2.35. The SMILES string of the molecule is CSCN1C(=O)COc2ccc([N+](=O)[O-])cc21. The van der Waals surface area contributed by atoms with Crippen LogP contribution in [0.1, 0.15) is 0 Å². The van der Waals surface area contributed by atoms with E-state index in [1.54, 1.807) is 0 Å². The highest BCUT2D eigenvalue weighted by Gasteiger charge is 2.26. The molecule has 0 aliphatic carbocycles. The number of nitrogens with zero attached hydrogens (tertiary/aromatic N) is 2. The van der Waals surface area contributed by atoms with E-state index in [2.05, 4.69) is 0 Å². The molecule has 0 saturated carbocycles. The van der Waals surface area contributed by atoms with Crippen LogP contribution in [0.5, 0.6) is 5.75 Å². The minimum Gasteiger partial charge on any atom is -0.482 e. The van der Waals surface area contributed by atoms with Crippen molar-refractivity contribution in [2.75, 3.05) is 23.6 Å². The molecule has 2 rings (SSSR count). The molecule has 0 radical (unpaired) electrons. The van der Waals surface area contributed by atoms with Crippen molar-refractivity contribution in [2.24, 2.45) is 0 Å². The van der Waals surface area contributed by atoms with Gasteiger partial charge < -0.3 is 4.74 Å². The number of hydrogen-bond donors (Lipinski definition) is 0. The maximum atomic E-state index is 11.6. The molecule has 1 heterocycles. The summed E-state index contributed by atoms with van der Waals surface area (Å²) in [5.74, 6) is 0.771. The number of nitro groups is 1. The van der Waals surface area contributed by atoms with Gasteiger partial charge in [-0.2, -0.15) is 0 Å². The number of rotatable bonds is 3. The highest BCUT2D eigenvalue weighted by Crippen LogP contribution is 2.35. The maximum absolute atomic E-state index is 11.6. The molecule has 7 heteroatoms. The molecule has 0 spiro atoms. The summed E-state index contributed by atoms with van der Waals surface area (Å²) < 4.78 is 5.22. The molecule has 1 aromatic rings. The van der Waals surface area contributed by atoms with E-state index in [0.29, 0.717) is 17.3 Å². The summed E-state index contributed by atoms with van der Waals surface area (Å²) in [4.78, 5) is 23.3. The minimum absolute atomic E-state index is 0.0224. The Morgan fingerprint density at radius 2 is 2.35 bits per heavy atom. The monoisotopic (exact) mass is 254 g/mol. The summed E-state index contributed by atoms with van der Waals surface area (Å²) in [7, 11) is 0. The van der Waals surface area contributed by atoms with Crippen molar-refractivity contribution in [2.45, 2.75) is 0 Å². The molecule has 0 atom stereocenters. The van der Waals surface area contributed by atoms with Crippen LogP contribution in [0.3, 0.4) is 0 Å². The largest absolute Gasteiger partial charge is 0.482 e. The Bertz CT molecular complexity index is 477. The highest BCUT2D eigenvalue weighted by molar-refractivity contribution is 7.98. The molecule has 0 unspecified atom stereocenters. The number of ether oxygens (including phenoxy) is 1. The van der Waals surface area contributed by atoms with Crippen LogP contribution < -0.4 is 9.64 Å². The zero-order chi connectivity index (χ0) is 12.4. The molecular weight excluding hydrogens is 244 g/mol. The van der Waals surface area contributed by atoms with Gasteiger partial charge in [0.15, 0.2) is 6.61 Å². The molecule has 0 fully saturated rings. The Hall–Kier alpha value is -1.76. The molecular formula is C10H10N2O4S. The number of carbonyl (C=O) groups is 1. The van der Waals surface area contributed by atoms with Crippen LogP contribution in [-0.2, 0) is 4.79 Å². The number of thioether (sulfide) groups is 1. The lowest BCUT2D eigenvalue weighted by Crippen LogP contribution is -2.38. The number of fused-ring (bicyclic) bond motifs is 1. The Labute approximate surface area is 102 Å². The molecule has 1 amide bonds. The van der Waals surface area contributed by atoms with Gasteiger partial charge in [0.2, 0.25) is 0 Å². The Morgan fingerprint density at radius 3 is 3.00 bits per heavy atom. The van der Waals surface area contributed by atoms with Crippen LogP contribution in [0.15, 0.2) is 18.2 Å². The first-order chi connectivity index (χ1) is 8.13. The average molecular weight is 254 g/mol. The van der Waals surface area contributed by atoms with Crippen molar-refractivity contribution in [1.82, 2.24) is 0 Å². The maximum Gasteiger partial charge on any atom is 0.271 e. The van der Waals surface area contributed by atoms with Crippen LogP contribution in [0.4, 0.5) is 11.4 Å². The summed E-state index contributed by atoms with van der Waals surface area (Å²) in [5.41, 5.74) is 0.415. The second-order valence-corrected chi connectivity index (χ2v) is 4.27. The normalized spacial score (nSPS) is 14.2. The molecule has 17 heavy (non-hydrogen) atoms. The molecule has 0 saturated heterocycles. The van der Waals surface area contributed by atoms with E-state index in [1.165, 1.54) is 34.9 Å². The third-order valence-corrected chi connectivity index (χ3v) is 2.87. The second-order valence-electron chi connectivity index (χ2n) is 3.44. The van der Waals surface area contributed by atoms with Gasteiger partial charge in [0.1, 0.15) is 5.75 Å². The second kappa shape index (κ2) is 4.62. The van der Waals surface area contributed by atoms with Gasteiger partial charge >= 0.3 is 0 Å². The van der Waals surface area contributed by atoms with Gasteiger partial charge in [-0.15, -0.1) is 11.8 Å². The molecule has 0 bridgehead atoms. The first kappa shape index (κ1) is 11.7. The quantitative estimate of drug-likeness (QED) is 0.605. The number of non-ortho nitro benzene ring substituents is 1. The van der Waals surface area contributed by atoms with Crippen molar-refractivity contribution < 1.29 is 14.5 Å². The summed E-state index contributed by atoms with van der Waals surface area (Å²) in [6.07, 6.45) is 1.86. The lowest BCUT2D eigenvalue weighted by atomic mass is 10.2. The van der Waals surface area contributed by atoms with E-state index < -0.39 is 4.92 Å². The van der Waals surface area contributed by atoms with Gasteiger partial charge in [-0.1, -0.05) is 0 Å². The van der Waals surface area contributed by atoms with E-state index in [1.807, 2.05) is 6.26 Å². The lowest BCUT2D eigenvalue weighted by molar-refractivity contribution is -0.384. The summed E-state index contributed by atoms with van der Waals surface area (Å²) in [5, 5.41) is 10.7. The average Bonchev–Trinajstić information content (AvgIpc) is 2.32. The van der Waals surface area contributed by atoms with Gasteiger partial charge in [-0.05, 0) is 12.3 Å². The molecule has 1 aliphatic rings. The van der Waals surface area contributed by atoms with Crippen molar-refractivity contribution in [3.8, 4) is 5.75 Å². The molecule has 0 N–H and O–H groups in total. The predicted octanol–water partition coefficient (Wildman–Crippen LogP) is 1.64. The van der Waals surface area contributed by atoms with Crippen LogP contribution >= 0.6 is 11.8 Å². The first-order valence-electron chi connectivity index (χ1n) is 4.84. The first-order valence-corrected chi connectivity index (χ1v) is 6.23. The molecule has 1 aromatic carbocycles. The van der Waals surface area contributed by atoms with Crippen molar-refractivity contribution in [3.05, 3.63) is 28.3 Å². The van der Waals surface area contributed by atoms with E-state index in [0.717, 1.165) is 0 Å². The van der Waals surface area contributed by atoms with E-state index in [9.17, 15) is 14.9 Å². The van der Waals surface area contributed by atoms with Crippen LogP contribution in [0.25, 0.3) is 0 Å². The number of carbonyl (C=O) groups excluding carboxylic acids is 1. The van der Waals surface area contributed by atoms with Crippen molar-refractivity contribution in [3.63, 3.8) is 0 Å². The topological polar surface area (TPSA) is 72.7 Å². The Balaban J connectivity index is 2.44. The van der Waals surface area contributed by atoms with Crippen LogP contribution in [0.2, 0.25) is 0 Å².